The minimum atomic E-state index is -0.253. The third-order valence-corrected chi connectivity index (χ3v) is 11.6. The summed E-state index contributed by atoms with van der Waals surface area (Å²) < 4.78 is 2.32. The topological polar surface area (TPSA) is 11.4 Å². The van der Waals surface area contributed by atoms with Gasteiger partial charge < -0.3 is 14.4 Å². The molecule has 1 aliphatic rings. The third kappa shape index (κ3) is 4.89. The predicted molar refractivity (Wildman–Crippen MR) is 230 cm³/mol. The zero-order valence-corrected chi connectivity index (χ0v) is 31.1. The first-order valence-corrected chi connectivity index (χ1v) is 18.8. The van der Waals surface area contributed by atoms with Crippen LogP contribution in [0.1, 0.15) is 30.5 Å². The molecule has 0 amide bonds. The molecule has 54 heavy (non-hydrogen) atoms. The van der Waals surface area contributed by atoms with Crippen LogP contribution in [-0.4, -0.2) is 4.57 Å². The molecule has 9 aromatic rings. The second-order valence-corrected chi connectivity index (χ2v) is 15.2. The average molecular weight is 696 g/mol. The molecule has 0 aliphatic heterocycles. The largest absolute Gasteiger partial charge is 0.344 e. The van der Waals surface area contributed by atoms with Crippen LogP contribution in [0.5, 0.6) is 0 Å². The number of hydrogen-bond acceptors (Lipinski definition) is 2. The molecule has 0 fully saturated rings. The fourth-order valence-corrected chi connectivity index (χ4v) is 8.89. The second-order valence-electron chi connectivity index (χ2n) is 15.2. The maximum Gasteiger partial charge on any atom is 0.0543 e. The monoisotopic (exact) mass is 695 g/mol. The van der Waals surface area contributed by atoms with Crippen LogP contribution < -0.4 is 9.80 Å². The Kier molecular flexibility index (Phi) is 7.28. The summed E-state index contributed by atoms with van der Waals surface area (Å²) in [4.78, 5) is 4.83. The third-order valence-electron chi connectivity index (χ3n) is 11.6. The summed E-state index contributed by atoms with van der Waals surface area (Å²) in [5.41, 5.74) is 15.7. The van der Waals surface area contributed by atoms with Crippen LogP contribution in [0.4, 0.5) is 34.1 Å². The Hall–Kier alpha value is -6.58. The van der Waals surface area contributed by atoms with Gasteiger partial charge in [0.05, 0.1) is 11.2 Å². The van der Waals surface area contributed by atoms with Crippen molar-refractivity contribution in [2.75, 3.05) is 9.80 Å². The molecular weight excluding hydrogens is 655 g/mol. The minimum absolute atomic E-state index is 0.253. The molecule has 1 aliphatic carbocycles. The fraction of sp³-hybridized carbons (Fsp3) is 0.0980. The summed E-state index contributed by atoms with van der Waals surface area (Å²) in [6.07, 6.45) is 0. The molecule has 8 aromatic carbocycles. The van der Waals surface area contributed by atoms with Gasteiger partial charge in [-0.2, -0.15) is 0 Å². The summed E-state index contributed by atoms with van der Waals surface area (Å²) in [6.45, 7) is 6.94. The van der Waals surface area contributed by atoms with E-state index in [0.29, 0.717) is 0 Å². The SMILES string of the molecule is Cc1ccc(N(c2ccccc2)c2ccc3c(c2)C(C)(C)c2cc(N(c4ccccc4)c4ccc5c6ccccc6n(C)c5c4)c4ccccc4c2-3)cc1. The molecule has 3 heteroatoms. The zero-order chi connectivity index (χ0) is 36.6. The molecule has 0 bridgehead atoms. The summed E-state index contributed by atoms with van der Waals surface area (Å²) in [7, 11) is 2.18. The van der Waals surface area contributed by atoms with Crippen molar-refractivity contribution in [3.63, 3.8) is 0 Å². The number of nitrogens with zero attached hydrogens (tertiary/aromatic N) is 3. The molecule has 0 unspecified atom stereocenters. The van der Waals surface area contributed by atoms with Crippen molar-refractivity contribution in [3.05, 3.63) is 193 Å². The highest BCUT2D eigenvalue weighted by atomic mass is 15.2. The lowest BCUT2D eigenvalue weighted by molar-refractivity contribution is 0.661. The number of anilines is 6. The first kappa shape index (κ1) is 32.1. The van der Waals surface area contributed by atoms with Crippen molar-refractivity contribution >= 4 is 66.7 Å². The van der Waals surface area contributed by atoms with Gasteiger partial charge in [0, 0.05) is 62.6 Å². The van der Waals surface area contributed by atoms with E-state index in [1.54, 1.807) is 0 Å². The number of para-hydroxylation sites is 3. The predicted octanol–water partition coefficient (Wildman–Crippen LogP) is 14.0. The van der Waals surface area contributed by atoms with Gasteiger partial charge in [-0.25, -0.2) is 0 Å². The Bertz CT molecular complexity index is 2870. The van der Waals surface area contributed by atoms with E-state index >= 15 is 0 Å². The first-order chi connectivity index (χ1) is 26.4. The van der Waals surface area contributed by atoms with Crippen LogP contribution in [0.2, 0.25) is 0 Å². The zero-order valence-electron chi connectivity index (χ0n) is 31.1. The first-order valence-electron chi connectivity index (χ1n) is 18.8. The van der Waals surface area contributed by atoms with Crippen LogP contribution in [0.15, 0.2) is 176 Å². The molecule has 260 valence electrons. The van der Waals surface area contributed by atoms with Crippen molar-refractivity contribution in [3.8, 4) is 11.1 Å². The summed E-state index contributed by atoms with van der Waals surface area (Å²) >= 11 is 0. The molecule has 3 nitrogen and oxygen atoms in total. The van der Waals surface area contributed by atoms with E-state index in [2.05, 4.69) is 218 Å². The van der Waals surface area contributed by atoms with Gasteiger partial charge in [-0.1, -0.05) is 123 Å². The van der Waals surface area contributed by atoms with Gasteiger partial charge in [-0.3, -0.25) is 0 Å². The minimum Gasteiger partial charge on any atom is -0.344 e. The van der Waals surface area contributed by atoms with Gasteiger partial charge >= 0.3 is 0 Å². The standard InChI is InChI=1S/C51H41N3/c1-34-23-25-37(26-24-34)53(35-15-7-5-8-16-35)38-28-30-44-45(31-38)51(2,3)46-33-49(41-20-11-12-21-43(41)50(44)46)54(36-17-9-6-10-18-36)39-27-29-42-40-19-13-14-22-47(40)52(4)48(42)32-39/h5-33H,1-4H3. The number of rotatable bonds is 6. The molecule has 0 spiro atoms. The Morgan fingerprint density at radius 1 is 0.426 bits per heavy atom. The van der Waals surface area contributed by atoms with Crippen LogP contribution >= 0.6 is 0 Å². The number of aromatic nitrogens is 1. The van der Waals surface area contributed by atoms with E-state index in [4.69, 9.17) is 0 Å². The summed E-state index contributed by atoms with van der Waals surface area (Å²) in [6, 6.07) is 64.6. The maximum atomic E-state index is 2.48. The van der Waals surface area contributed by atoms with E-state index in [1.807, 2.05) is 0 Å². The van der Waals surface area contributed by atoms with E-state index in [1.165, 1.54) is 66.1 Å². The van der Waals surface area contributed by atoms with Crippen molar-refractivity contribution in [1.29, 1.82) is 0 Å². The molecule has 1 aromatic heterocycles. The van der Waals surface area contributed by atoms with Gasteiger partial charge in [0.15, 0.2) is 0 Å². The molecule has 0 saturated carbocycles. The Morgan fingerprint density at radius 2 is 0.963 bits per heavy atom. The molecule has 0 N–H and O–H groups in total. The van der Waals surface area contributed by atoms with Crippen LogP contribution in [0.25, 0.3) is 43.7 Å². The number of benzene rings is 8. The molecule has 0 radical (unpaired) electrons. The molecule has 10 rings (SSSR count). The molecular formula is C51H41N3. The lowest BCUT2D eigenvalue weighted by Crippen LogP contribution is -2.18. The highest BCUT2D eigenvalue weighted by Crippen LogP contribution is 2.56. The normalized spacial score (nSPS) is 13.0. The quantitative estimate of drug-likeness (QED) is 0.172. The highest BCUT2D eigenvalue weighted by molar-refractivity contribution is 6.12. The Morgan fingerprint density at radius 3 is 1.69 bits per heavy atom. The van der Waals surface area contributed by atoms with Crippen molar-refractivity contribution < 1.29 is 0 Å². The van der Waals surface area contributed by atoms with Gasteiger partial charge in [-0.05, 0) is 107 Å². The summed E-state index contributed by atoms with van der Waals surface area (Å²) in [5.74, 6) is 0. The van der Waals surface area contributed by atoms with Crippen LogP contribution in [0, 0.1) is 6.92 Å². The highest BCUT2D eigenvalue weighted by Gasteiger charge is 2.38. The lowest BCUT2D eigenvalue weighted by Gasteiger charge is -2.30. The lowest BCUT2D eigenvalue weighted by atomic mass is 9.81. The smallest absolute Gasteiger partial charge is 0.0543 e. The van der Waals surface area contributed by atoms with Gasteiger partial charge in [-0.15, -0.1) is 0 Å². The van der Waals surface area contributed by atoms with Gasteiger partial charge in [0.1, 0.15) is 0 Å². The van der Waals surface area contributed by atoms with Gasteiger partial charge in [0.25, 0.3) is 0 Å². The number of hydrogen-bond donors (Lipinski definition) is 0. The van der Waals surface area contributed by atoms with Gasteiger partial charge in [0.2, 0.25) is 0 Å². The van der Waals surface area contributed by atoms with E-state index in [-0.39, 0.29) is 5.41 Å². The van der Waals surface area contributed by atoms with Crippen molar-refractivity contribution in [2.45, 2.75) is 26.2 Å². The van der Waals surface area contributed by atoms with Crippen LogP contribution in [0.3, 0.4) is 0 Å². The molecule has 0 saturated heterocycles. The second kappa shape index (κ2) is 12.2. The van der Waals surface area contributed by atoms with E-state index in [0.717, 1.165) is 28.4 Å². The van der Waals surface area contributed by atoms with Crippen molar-refractivity contribution in [2.24, 2.45) is 7.05 Å². The number of fused-ring (bicyclic) bond motifs is 8. The fourth-order valence-electron chi connectivity index (χ4n) is 8.89. The number of aryl methyl sites for hydroxylation is 2. The Balaban J connectivity index is 1.18. The van der Waals surface area contributed by atoms with Crippen LogP contribution in [-0.2, 0) is 12.5 Å². The maximum absolute atomic E-state index is 2.48. The average Bonchev–Trinajstić information content (AvgIpc) is 3.62. The molecule has 0 atom stereocenters. The van der Waals surface area contributed by atoms with E-state index in [9.17, 15) is 0 Å². The summed E-state index contributed by atoms with van der Waals surface area (Å²) in [5, 5.41) is 5.05. The Labute approximate surface area is 317 Å². The molecule has 1 heterocycles. The van der Waals surface area contributed by atoms with Crippen molar-refractivity contribution in [1.82, 2.24) is 4.57 Å². The van der Waals surface area contributed by atoms with E-state index < -0.39 is 0 Å².